The second-order valence-electron chi connectivity index (χ2n) is 2.08. The Morgan fingerprint density at radius 3 is 1.44 bits per heavy atom. The molecule has 0 heterocycles. The quantitative estimate of drug-likeness (QED) is 0.451. The molecule has 0 aliphatic rings. The molecule has 1 radical (unpaired) electrons. The van der Waals surface area contributed by atoms with Gasteiger partial charge in [0.1, 0.15) is 0 Å². The van der Waals surface area contributed by atoms with Gasteiger partial charge in [0.25, 0.3) is 0 Å². The van der Waals surface area contributed by atoms with Gasteiger partial charge < -0.3 is 0 Å². The summed E-state index contributed by atoms with van der Waals surface area (Å²) in [6.07, 6.45) is 0. The van der Waals surface area contributed by atoms with E-state index in [-0.39, 0.29) is 18.9 Å². The van der Waals surface area contributed by atoms with Gasteiger partial charge >= 0.3 is 0 Å². The van der Waals surface area contributed by atoms with Crippen LogP contribution >= 0.6 is 0 Å². The van der Waals surface area contributed by atoms with Gasteiger partial charge in [-0.1, -0.05) is 24.3 Å². The second-order valence-corrected chi connectivity index (χ2v) is 2.08. The Kier molecular flexibility index (Phi) is 3.69. The Labute approximate surface area is 68.5 Å². The van der Waals surface area contributed by atoms with E-state index in [1.165, 1.54) is 11.1 Å². The van der Waals surface area contributed by atoms with E-state index in [0.29, 0.717) is 0 Å². The zero-order valence-electron chi connectivity index (χ0n) is 6.31. The monoisotopic (exact) mass is 113 g/mol. The van der Waals surface area contributed by atoms with Crippen molar-refractivity contribution in [1.82, 2.24) is 0 Å². The van der Waals surface area contributed by atoms with Gasteiger partial charge in [-0.05, 0) is 25.0 Å². The van der Waals surface area contributed by atoms with Crippen molar-refractivity contribution in [2.75, 3.05) is 0 Å². The molecule has 0 saturated heterocycles. The summed E-state index contributed by atoms with van der Waals surface area (Å²) in [5.74, 6) is 0. The van der Waals surface area contributed by atoms with Crippen molar-refractivity contribution in [1.29, 1.82) is 0 Å². The van der Waals surface area contributed by atoms with Crippen LogP contribution in [-0.2, 0) is 0 Å². The topological polar surface area (TPSA) is 0 Å². The summed E-state index contributed by atoms with van der Waals surface area (Å²) in [5.41, 5.74) is 2.74. The van der Waals surface area contributed by atoms with Crippen LogP contribution in [-0.4, -0.2) is 18.9 Å². The van der Waals surface area contributed by atoms with Gasteiger partial charge in [-0.2, -0.15) is 0 Å². The van der Waals surface area contributed by atoms with Gasteiger partial charge in [-0.3, -0.25) is 0 Å². The van der Waals surface area contributed by atoms with Crippen LogP contribution in [0.15, 0.2) is 24.3 Å². The Morgan fingerprint density at radius 1 is 0.889 bits per heavy atom. The van der Waals surface area contributed by atoms with Crippen molar-refractivity contribution in [3.8, 4) is 0 Å². The van der Waals surface area contributed by atoms with E-state index >= 15 is 0 Å². The van der Waals surface area contributed by atoms with E-state index < -0.39 is 0 Å². The molecule has 0 bridgehead atoms. The van der Waals surface area contributed by atoms with Gasteiger partial charge in [-0.25, -0.2) is 0 Å². The van der Waals surface area contributed by atoms with Gasteiger partial charge in [0, 0.05) is 18.9 Å². The summed E-state index contributed by atoms with van der Waals surface area (Å²) >= 11 is 0. The molecule has 0 unspecified atom stereocenters. The Morgan fingerprint density at radius 2 is 1.22 bits per heavy atom. The van der Waals surface area contributed by atoms with Gasteiger partial charge in [0.15, 0.2) is 0 Å². The molecule has 1 aromatic carbocycles. The third-order valence-electron chi connectivity index (χ3n) is 1.43. The number of rotatable bonds is 0. The minimum absolute atomic E-state index is 0. The van der Waals surface area contributed by atoms with E-state index in [1.54, 1.807) is 0 Å². The Balaban J connectivity index is 0.000000640. The molecule has 1 aromatic rings. The van der Waals surface area contributed by atoms with Crippen LogP contribution < -0.4 is 0 Å². The van der Waals surface area contributed by atoms with Crippen molar-refractivity contribution in [3.63, 3.8) is 0 Å². The molecule has 9 heavy (non-hydrogen) atoms. The van der Waals surface area contributed by atoms with Crippen LogP contribution in [0.1, 0.15) is 11.1 Å². The van der Waals surface area contributed by atoms with E-state index in [2.05, 4.69) is 38.1 Å². The molecule has 0 amide bonds. The van der Waals surface area contributed by atoms with Crippen LogP contribution in [0.3, 0.4) is 0 Å². The maximum atomic E-state index is 2.12. The molecule has 43 valence electrons. The molecular weight excluding hydrogens is 103 g/mol. The van der Waals surface area contributed by atoms with Crippen LogP contribution in [0.25, 0.3) is 0 Å². The predicted octanol–water partition coefficient (Wildman–Crippen LogP) is 1.92. The first-order chi connectivity index (χ1) is 3.80. The number of aryl methyl sites for hydroxylation is 2. The van der Waals surface area contributed by atoms with Crippen LogP contribution in [0.5, 0.6) is 0 Å². The van der Waals surface area contributed by atoms with E-state index in [1.807, 2.05) is 0 Å². The molecule has 1 rings (SSSR count). The summed E-state index contributed by atoms with van der Waals surface area (Å²) in [4.78, 5) is 0. The van der Waals surface area contributed by atoms with Crippen molar-refractivity contribution in [2.24, 2.45) is 0 Å². The minimum atomic E-state index is 0. The zero-order chi connectivity index (χ0) is 5.98. The van der Waals surface area contributed by atoms with E-state index in [4.69, 9.17) is 0 Å². The third-order valence-corrected chi connectivity index (χ3v) is 1.43. The smallest absolute Gasteiger partial charge is 0 e. The van der Waals surface area contributed by atoms with E-state index in [9.17, 15) is 0 Å². The maximum Gasteiger partial charge on any atom is 0 e. The summed E-state index contributed by atoms with van der Waals surface area (Å²) in [6, 6.07) is 8.36. The van der Waals surface area contributed by atoms with Gasteiger partial charge in [0.2, 0.25) is 0 Å². The standard InChI is InChI=1S/C8H10.Li/c1-7-5-3-4-6-8(7)2;/h3-6H,1-2H3;. The SMILES string of the molecule is Cc1ccccc1C.[Li]. The molecule has 0 N–H and O–H groups in total. The van der Waals surface area contributed by atoms with Crippen LogP contribution in [0.2, 0.25) is 0 Å². The summed E-state index contributed by atoms with van der Waals surface area (Å²) in [6.45, 7) is 4.24. The fraction of sp³-hybridized carbons (Fsp3) is 0.250. The van der Waals surface area contributed by atoms with Gasteiger partial charge in [-0.15, -0.1) is 0 Å². The molecule has 0 saturated carbocycles. The Bertz CT molecular complexity index is 161. The fourth-order valence-corrected chi connectivity index (χ4v) is 0.663. The summed E-state index contributed by atoms with van der Waals surface area (Å²) in [5, 5.41) is 0. The van der Waals surface area contributed by atoms with Crippen LogP contribution in [0.4, 0.5) is 0 Å². The predicted molar refractivity (Wildman–Crippen MR) is 41.7 cm³/mol. The Hall–Kier alpha value is -0.183. The first-order valence-corrected chi connectivity index (χ1v) is 2.83. The van der Waals surface area contributed by atoms with Crippen molar-refractivity contribution < 1.29 is 0 Å². The maximum absolute atomic E-state index is 2.12. The summed E-state index contributed by atoms with van der Waals surface area (Å²) < 4.78 is 0. The molecule has 0 spiro atoms. The van der Waals surface area contributed by atoms with Crippen molar-refractivity contribution in [2.45, 2.75) is 13.8 Å². The van der Waals surface area contributed by atoms with Crippen LogP contribution in [0, 0.1) is 13.8 Å². The molecule has 0 aromatic heterocycles. The normalized spacial score (nSPS) is 8.22. The average Bonchev–Trinajstić information content (AvgIpc) is 1.77. The molecule has 1 heteroatoms. The second kappa shape index (κ2) is 3.77. The third kappa shape index (κ3) is 2.26. The molecule has 0 aliphatic heterocycles. The number of benzene rings is 1. The zero-order valence-corrected chi connectivity index (χ0v) is 6.31. The first kappa shape index (κ1) is 8.82. The molecule has 0 nitrogen and oxygen atoms in total. The van der Waals surface area contributed by atoms with E-state index in [0.717, 1.165) is 0 Å². The summed E-state index contributed by atoms with van der Waals surface area (Å²) in [7, 11) is 0. The van der Waals surface area contributed by atoms with Crippen molar-refractivity contribution in [3.05, 3.63) is 35.4 Å². The fourth-order valence-electron chi connectivity index (χ4n) is 0.663. The molecule has 0 atom stereocenters. The molecule has 0 fully saturated rings. The largest absolute Gasteiger partial charge is 0.0620 e. The first-order valence-electron chi connectivity index (χ1n) is 2.83. The van der Waals surface area contributed by atoms with Crippen molar-refractivity contribution >= 4 is 18.9 Å². The molecule has 0 aliphatic carbocycles. The average molecular weight is 113 g/mol. The molecular formula is C8H10Li. The number of hydrogen-bond donors (Lipinski definition) is 0. The van der Waals surface area contributed by atoms with Gasteiger partial charge in [0.05, 0.1) is 0 Å². The number of hydrogen-bond acceptors (Lipinski definition) is 0. The minimum Gasteiger partial charge on any atom is -0.0620 e.